The van der Waals surface area contributed by atoms with Crippen LogP contribution in [0.3, 0.4) is 0 Å². The quantitative estimate of drug-likeness (QED) is 0.252. The smallest absolute Gasteiger partial charge is 0.408 e. The molecular formula is C43H57F2N5O10S. The lowest BCUT2D eigenvalue weighted by Gasteiger charge is -2.45. The maximum absolute atomic E-state index is 15.3. The molecule has 4 heterocycles. The summed E-state index contributed by atoms with van der Waals surface area (Å²) < 4.78 is 75.4. The number of allylic oxidation sites excluding steroid dienone is 1. The van der Waals surface area contributed by atoms with Crippen molar-refractivity contribution in [2.75, 3.05) is 20.3 Å². The highest BCUT2D eigenvalue weighted by atomic mass is 32.2. The van der Waals surface area contributed by atoms with E-state index in [0.717, 1.165) is 31.2 Å². The van der Waals surface area contributed by atoms with Gasteiger partial charge in [0.05, 0.1) is 25.0 Å². The molecule has 1 aromatic carbocycles. The van der Waals surface area contributed by atoms with Gasteiger partial charge in [-0.25, -0.2) is 22.0 Å². The largest absolute Gasteiger partial charge is 0.497 e. The molecule has 2 aromatic rings. The Balaban J connectivity index is 1.31. The highest BCUT2D eigenvalue weighted by Crippen LogP contribution is 2.48. The molecule has 2 saturated carbocycles. The van der Waals surface area contributed by atoms with Crippen LogP contribution in [-0.2, 0) is 30.8 Å². The first-order valence-electron chi connectivity index (χ1n) is 21.2. The maximum atomic E-state index is 15.3. The number of fused-ring (bicyclic) bond motifs is 5. The van der Waals surface area contributed by atoms with E-state index in [1.54, 1.807) is 39.2 Å². The second-order valence-corrected chi connectivity index (χ2v) is 20.5. The summed E-state index contributed by atoms with van der Waals surface area (Å²) >= 11 is 0. The Morgan fingerprint density at radius 1 is 1.20 bits per heavy atom. The zero-order chi connectivity index (χ0) is 44.2. The van der Waals surface area contributed by atoms with E-state index in [1.165, 1.54) is 4.90 Å². The van der Waals surface area contributed by atoms with Crippen molar-refractivity contribution in [2.24, 2.45) is 17.8 Å². The molecule has 0 spiro atoms. The van der Waals surface area contributed by atoms with Gasteiger partial charge in [-0.1, -0.05) is 32.4 Å². The normalized spacial score (nSPS) is 28.9. The molecule has 2 aliphatic carbocycles. The lowest BCUT2D eigenvalue weighted by molar-refractivity contribution is -0.149. The number of nitrogens with zero attached hydrogens (tertiary/aromatic N) is 3. The van der Waals surface area contributed by atoms with Crippen LogP contribution in [0.1, 0.15) is 98.0 Å². The number of carbonyl (C=O) groups is 4. The first-order valence-corrected chi connectivity index (χ1v) is 22.7. The number of hydrogen-bond donors (Lipinski definition) is 3. The maximum Gasteiger partial charge on any atom is 0.408 e. The lowest BCUT2D eigenvalue weighted by Crippen LogP contribution is -2.65. The number of alkyl halides is 2. The first kappa shape index (κ1) is 44.3. The van der Waals surface area contributed by atoms with Crippen molar-refractivity contribution in [2.45, 2.75) is 139 Å². The Hall–Kier alpha value is -4.74. The monoisotopic (exact) mass is 873 g/mol. The van der Waals surface area contributed by atoms with E-state index >= 15 is 4.79 Å². The minimum Gasteiger partial charge on any atom is -0.497 e. The first-order chi connectivity index (χ1) is 28.8. The minimum atomic E-state index is -4.10. The molecular weight excluding hydrogens is 817 g/mol. The zero-order valence-electron chi connectivity index (χ0n) is 35.5. The number of amides is 4. The van der Waals surface area contributed by atoms with Crippen molar-refractivity contribution < 1.29 is 55.7 Å². The number of aromatic nitrogens is 1. The molecule has 7 atom stereocenters. The summed E-state index contributed by atoms with van der Waals surface area (Å²) in [6.07, 6.45) is 1.67. The van der Waals surface area contributed by atoms with Crippen molar-refractivity contribution in [1.82, 2.24) is 24.8 Å². The zero-order valence-corrected chi connectivity index (χ0v) is 36.4. The van der Waals surface area contributed by atoms with Gasteiger partial charge >= 0.3 is 6.09 Å². The van der Waals surface area contributed by atoms with E-state index in [4.69, 9.17) is 19.2 Å². The van der Waals surface area contributed by atoms with Gasteiger partial charge in [0, 0.05) is 23.3 Å². The van der Waals surface area contributed by atoms with Crippen molar-refractivity contribution in [1.29, 1.82) is 0 Å². The molecule has 1 aromatic heterocycles. The van der Waals surface area contributed by atoms with E-state index in [1.807, 2.05) is 19.1 Å². The van der Waals surface area contributed by atoms with E-state index in [9.17, 15) is 36.7 Å². The molecule has 15 nitrogen and oxygen atoms in total. The molecule has 3 aliphatic heterocycles. The summed E-state index contributed by atoms with van der Waals surface area (Å²) in [4.78, 5) is 63.7. The second kappa shape index (κ2) is 16.5. The van der Waals surface area contributed by atoms with Crippen molar-refractivity contribution in [3.8, 4) is 17.5 Å². The molecule has 4 amide bonds. The predicted molar refractivity (Wildman–Crippen MR) is 220 cm³/mol. The number of sulfonamides is 1. The van der Waals surface area contributed by atoms with Crippen LogP contribution in [0.4, 0.5) is 13.6 Å². The van der Waals surface area contributed by atoms with Gasteiger partial charge in [0.1, 0.15) is 35.0 Å². The van der Waals surface area contributed by atoms with Crippen molar-refractivity contribution >= 4 is 44.6 Å². The molecule has 334 valence electrons. The van der Waals surface area contributed by atoms with E-state index in [2.05, 4.69) is 10.0 Å². The Morgan fingerprint density at radius 3 is 2.59 bits per heavy atom. The molecule has 61 heavy (non-hydrogen) atoms. The van der Waals surface area contributed by atoms with Crippen LogP contribution in [0.25, 0.3) is 10.8 Å². The SMILES string of the molecule is CC[C@@H]1C[C@H](C)CCC=C[C@@H]2C[C@@]2(C(=O)NS(=O)(=O)C2(C)CC2)NC(=O)[C@@H]2C[C@@H](Oc3nc4c(c5cc(OC)ccc35)CCCO4)CN2C(=O)[C@H]1N(C(=O)O)C(C)(C)C(F)F. The van der Waals surface area contributed by atoms with Gasteiger partial charge < -0.3 is 29.5 Å². The highest BCUT2D eigenvalue weighted by molar-refractivity contribution is 7.91. The molecule has 3 fully saturated rings. The summed E-state index contributed by atoms with van der Waals surface area (Å²) in [7, 11) is -2.55. The Kier molecular flexibility index (Phi) is 12.0. The van der Waals surface area contributed by atoms with Crippen LogP contribution < -0.4 is 24.2 Å². The third kappa shape index (κ3) is 8.32. The highest BCUT2D eigenvalue weighted by Gasteiger charge is 2.63. The molecule has 7 rings (SSSR count). The fraction of sp³-hybridized carbons (Fsp3) is 0.651. The van der Waals surface area contributed by atoms with Gasteiger partial charge in [-0.3, -0.25) is 24.0 Å². The topological polar surface area (TPSA) is 194 Å². The average molecular weight is 874 g/mol. The van der Waals surface area contributed by atoms with Crippen LogP contribution in [0, 0.1) is 17.8 Å². The number of aryl methyl sites for hydroxylation is 1. The number of pyridine rings is 1. The number of carboxylic acid groups (broad SMARTS) is 1. The third-order valence-electron chi connectivity index (χ3n) is 13.5. The molecule has 5 aliphatic rings. The van der Waals surface area contributed by atoms with Gasteiger partial charge in [0.25, 0.3) is 12.3 Å². The van der Waals surface area contributed by atoms with Crippen LogP contribution in [0.15, 0.2) is 30.4 Å². The average Bonchev–Trinajstić information content (AvgIpc) is 4.10. The Bertz CT molecular complexity index is 2220. The number of hydrogen-bond acceptors (Lipinski definition) is 10. The van der Waals surface area contributed by atoms with Gasteiger partial charge in [0.15, 0.2) is 0 Å². The number of carbonyl (C=O) groups excluding carboxylic acids is 3. The van der Waals surface area contributed by atoms with Gasteiger partial charge in [0.2, 0.25) is 33.6 Å². The third-order valence-corrected chi connectivity index (χ3v) is 15.7. The van der Waals surface area contributed by atoms with Crippen molar-refractivity contribution in [3.63, 3.8) is 0 Å². The number of benzene rings is 1. The second-order valence-electron chi connectivity index (χ2n) is 18.3. The molecule has 1 saturated heterocycles. The van der Waals surface area contributed by atoms with Gasteiger partial charge in [-0.05, 0) is 108 Å². The Labute approximate surface area is 355 Å². The van der Waals surface area contributed by atoms with Crippen LogP contribution in [0.2, 0.25) is 0 Å². The van der Waals surface area contributed by atoms with Gasteiger partial charge in [-0.2, -0.15) is 4.98 Å². The van der Waals surface area contributed by atoms with Gasteiger partial charge in [-0.15, -0.1) is 0 Å². The molecule has 18 heteroatoms. The lowest BCUT2D eigenvalue weighted by atomic mass is 9.82. The van der Waals surface area contributed by atoms with Crippen LogP contribution >= 0.6 is 0 Å². The molecule has 0 unspecified atom stereocenters. The minimum absolute atomic E-state index is 0.0911. The van der Waals surface area contributed by atoms with Crippen LogP contribution in [-0.4, -0.2) is 113 Å². The number of nitrogens with one attached hydrogen (secondary N) is 2. The van der Waals surface area contributed by atoms with Crippen LogP contribution in [0.5, 0.6) is 17.5 Å². The number of methoxy groups -OCH3 is 1. The summed E-state index contributed by atoms with van der Waals surface area (Å²) in [6, 6.07) is 2.36. The number of rotatable bonds is 10. The number of halogens is 2. The Morgan fingerprint density at radius 2 is 1.93 bits per heavy atom. The summed E-state index contributed by atoms with van der Waals surface area (Å²) in [6.45, 7) is 7.58. The summed E-state index contributed by atoms with van der Waals surface area (Å²) in [5, 5.41) is 14.9. The van der Waals surface area contributed by atoms with E-state index in [-0.39, 0.29) is 37.6 Å². The number of ether oxygens (including phenoxy) is 3. The molecule has 0 bridgehead atoms. The summed E-state index contributed by atoms with van der Waals surface area (Å²) in [5.74, 6) is -2.83. The predicted octanol–water partition coefficient (Wildman–Crippen LogP) is 5.58. The van der Waals surface area contributed by atoms with E-state index in [0.29, 0.717) is 67.0 Å². The van der Waals surface area contributed by atoms with Crippen molar-refractivity contribution in [3.05, 3.63) is 35.9 Å². The standard InChI is InChI=1S/C43H57F2N5O10S/c1-7-25-19-24(2)11-8-9-12-26-22-43(26,39(53)48-61(56,57)42(5)16-17-42)47-34(51)32-21-28(23-49(32)37(52)33(25)50(40(54)55)41(3,4)38(44)45)60-36-30-15-14-27(58-6)20-31(30)29-13-10-18-59-35(29)46-36/h9,12,14-15,20,24-26,28,32-33,38H,7-8,10-11,13,16-19,21-23H2,1-6H3,(H,47,51)(H,48,53)(H,54,55)/t24-,25-,26-,28-,32+,33+,43-/m1/s1. The fourth-order valence-corrected chi connectivity index (χ4v) is 10.5. The fourth-order valence-electron chi connectivity index (χ4n) is 9.21. The van der Waals surface area contributed by atoms with E-state index < -0.39 is 86.1 Å². The summed E-state index contributed by atoms with van der Waals surface area (Å²) in [5.41, 5.74) is -3.12. The molecule has 0 radical (unpaired) electrons. The molecule has 3 N–H and O–H groups in total.